The topological polar surface area (TPSA) is 94.8 Å². The van der Waals surface area contributed by atoms with Crippen molar-refractivity contribution in [3.8, 4) is 11.5 Å². The minimum atomic E-state index is 0.0819. The number of ether oxygens (including phenoxy) is 3. The lowest BCUT2D eigenvalue weighted by molar-refractivity contribution is -0.132. The predicted molar refractivity (Wildman–Crippen MR) is 107 cm³/mol. The molecule has 0 N–H and O–H groups in total. The van der Waals surface area contributed by atoms with Gasteiger partial charge >= 0.3 is 0 Å². The molecule has 10 nitrogen and oxygen atoms in total. The van der Waals surface area contributed by atoms with Crippen LogP contribution in [0.2, 0.25) is 0 Å². The summed E-state index contributed by atoms with van der Waals surface area (Å²) in [5.74, 6) is 2.29. The van der Waals surface area contributed by atoms with Crippen molar-refractivity contribution in [2.24, 2.45) is 0 Å². The number of carbonyl (C=O) groups is 1. The minimum Gasteiger partial charge on any atom is -0.493 e. The number of fused-ring (bicyclic) bond motifs is 1. The van der Waals surface area contributed by atoms with Crippen molar-refractivity contribution in [2.75, 3.05) is 46.6 Å². The van der Waals surface area contributed by atoms with E-state index >= 15 is 0 Å². The highest BCUT2D eigenvalue weighted by atomic mass is 16.5. The van der Waals surface area contributed by atoms with E-state index in [0.29, 0.717) is 45.0 Å². The maximum Gasteiger partial charge on any atom is 0.224 e. The molecule has 10 heteroatoms. The first-order valence-corrected chi connectivity index (χ1v) is 10.4. The lowest BCUT2D eigenvalue weighted by atomic mass is 10.1. The number of aryl methyl sites for hydroxylation is 1. The molecule has 2 aliphatic rings. The van der Waals surface area contributed by atoms with Crippen molar-refractivity contribution in [1.82, 2.24) is 30.0 Å². The van der Waals surface area contributed by atoms with Crippen LogP contribution in [0.15, 0.2) is 18.2 Å². The molecule has 0 unspecified atom stereocenters. The molecule has 1 amide bonds. The first kappa shape index (κ1) is 20.5. The number of carbonyl (C=O) groups excluding carboxylic acids is 1. The van der Waals surface area contributed by atoms with Crippen molar-refractivity contribution in [1.29, 1.82) is 0 Å². The summed E-state index contributed by atoms with van der Waals surface area (Å²) in [6, 6.07) is 5.77. The van der Waals surface area contributed by atoms with E-state index in [1.807, 2.05) is 23.1 Å². The molecule has 0 aliphatic carbocycles. The number of methoxy groups -OCH3 is 1. The number of morpholine rings is 1. The normalized spacial score (nSPS) is 17.6. The first-order valence-electron chi connectivity index (χ1n) is 10.4. The molecule has 3 heterocycles. The molecule has 1 aromatic carbocycles. The number of hydrogen-bond donors (Lipinski definition) is 0. The van der Waals surface area contributed by atoms with Gasteiger partial charge in [0.25, 0.3) is 0 Å². The van der Waals surface area contributed by atoms with Gasteiger partial charge in [-0.25, -0.2) is 4.68 Å². The molecule has 0 bridgehead atoms. The highest BCUT2D eigenvalue weighted by molar-refractivity contribution is 5.76. The highest BCUT2D eigenvalue weighted by Crippen LogP contribution is 2.33. The Kier molecular flexibility index (Phi) is 6.75. The van der Waals surface area contributed by atoms with E-state index in [9.17, 15) is 4.79 Å². The summed E-state index contributed by atoms with van der Waals surface area (Å²) in [5.41, 5.74) is 0.956. The number of rotatable bonds is 6. The fourth-order valence-corrected chi connectivity index (χ4v) is 3.77. The standard InChI is InChI=1S/C20H28N6O4/c1-28-17-5-2-4-16-14-25(7-3-11-30-20(16)17)19(27)6-8-26-18(21-22-23-26)15-24-9-12-29-13-10-24/h2,4-5H,3,6-15H2,1H3. The van der Waals surface area contributed by atoms with Crippen LogP contribution in [0.4, 0.5) is 0 Å². The Bertz CT molecular complexity index is 852. The van der Waals surface area contributed by atoms with Gasteiger partial charge in [-0.05, 0) is 22.9 Å². The quantitative estimate of drug-likeness (QED) is 0.680. The number of amides is 1. The van der Waals surface area contributed by atoms with E-state index < -0.39 is 0 Å². The van der Waals surface area contributed by atoms with Crippen molar-refractivity contribution in [3.63, 3.8) is 0 Å². The molecule has 162 valence electrons. The van der Waals surface area contributed by atoms with E-state index in [4.69, 9.17) is 14.2 Å². The summed E-state index contributed by atoms with van der Waals surface area (Å²) >= 11 is 0. The Morgan fingerprint density at radius 2 is 2.07 bits per heavy atom. The SMILES string of the molecule is COc1cccc2c1OCCCN(C(=O)CCn1nnnc1CN1CCOCC1)C2. The van der Waals surface area contributed by atoms with Crippen LogP contribution < -0.4 is 9.47 Å². The summed E-state index contributed by atoms with van der Waals surface area (Å²) in [6.45, 7) is 6.02. The maximum absolute atomic E-state index is 13.0. The third kappa shape index (κ3) is 4.88. The van der Waals surface area contributed by atoms with Crippen LogP contribution >= 0.6 is 0 Å². The molecule has 0 radical (unpaired) electrons. The van der Waals surface area contributed by atoms with Crippen molar-refractivity contribution in [2.45, 2.75) is 32.5 Å². The fourth-order valence-electron chi connectivity index (χ4n) is 3.77. The van der Waals surface area contributed by atoms with Gasteiger partial charge in [-0.15, -0.1) is 5.10 Å². The van der Waals surface area contributed by atoms with Gasteiger partial charge in [0.2, 0.25) is 5.91 Å². The zero-order valence-corrected chi connectivity index (χ0v) is 17.3. The molecule has 2 aromatic rings. The maximum atomic E-state index is 13.0. The molecule has 2 aliphatic heterocycles. The largest absolute Gasteiger partial charge is 0.493 e. The zero-order chi connectivity index (χ0) is 20.8. The van der Waals surface area contributed by atoms with Crippen LogP contribution in [0.3, 0.4) is 0 Å². The van der Waals surface area contributed by atoms with Gasteiger partial charge in [0.1, 0.15) is 0 Å². The number of hydrogen-bond acceptors (Lipinski definition) is 8. The molecule has 1 fully saturated rings. The second-order valence-corrected chi connectivity index (χ2v) is 7.42. The number of para-hydroxylation sites is 1. The van der Waals surface area contributed by atoms with Gasteiger partial charge in [0, 0.05) is 38.2 Å². The number of nitrogens with zero attached hydrogens (tertiary/aromatic N) is 6. The van der Waals surface area contributed by atoms with E-state index in [1.54, 1.807) is 11.8 Å². The van der Waals surface area contributed by atoms with Gasteiger partial charge in [-0.2, -0.15) is 0 Å². The number of tetrazole rings is 1. The van der Waals surface area contributed by atoms with Gasteiger partial charge in [0.15, 0.2) is 17.3 Å². The Hall–Kier alpha value is -2.72. The Morgan fingerprint density at radius 1 is 1.20 bits per heavy atom. The molecule has 1 aromatic heterocycles. The Balaban J connectivity index is 1.38. The smallest absolute Gasteiger partial charge is 0.224 e. The van der Waals surface area contributed by atoms with Crippen molar-refractivity contribution in [3.05, 3.63) is 29.6 Å². The Labute approximate surface area is 175 Å². The van der Waals surface area contributed by atoms with Gasteiger partial charge < -0.3 is 19.1 Å². The van der Waals surface area contributed by atoms with Crippen LogP contribution in [-0.4, -0.2) is 82.5 Å². The van der Waals surface area contributed by atoms with E-state index in [1.165, 1.54) is 0 Å². The summed E-state index contributed by atoms with van der Waals surface area (Å²) < 4.78 is 18.4. The average Bonchev–Trinajstić information content (AvgIpc) is 3.19. The summed E-state index contributed by atoms with van der Waals surface area (Å²) in [7, 11) is 1.63. The predicted octanol–water partition coefficient (Wildman–Crippen LogP) is 0.715. The van der Waals surface area contributed by atoms with Crippen LogP contribution in [0.1, 0.15) is 24.2 Å². The minimum absolute atomic E-state index is 0.0819. The third-order valence-corrected chi connectivity index (χ3v) is 5.43. The molecule has 30 heavy (non-hydrogen) atoms. The van der Waals surface area contributed by atoms with Gasteiger partial charge in [0.05, 0.1) is 40.0 Å². The van der Waals surface area contributed by atoms with E-state index in [-0.39, 0.29) is 5.91 Å². The van der Waals surface area contributed by atoms with Gasteiger partial charge in [-0.1, -0.05) is 12.1 Å². The second kappa shape index (κ2) is 9.86. The fraction of sp³-hybridized carbons (Fsp3) is 0.600. The molecular weight excluding hydrogens is 388 g/mol. The average molecular weight is 416 g/mol. The third-order valence-electron chi connectivity index (χ3n) is 5.43. The molecule has 4 rings (SSSR count). The van der Waals surface area contributed by atoms with E-state index in [0.717, 1.165) is 49.9 Å². The second-order valence-electron chi connectivity index (χ2n) is 7.42. The summed E-state index contributed by atoms with van der Waals surface area (Å²) in [5, 5.41) is 12.0. The molecule has 0 saturated carbocycles. The van der Waals surface area contributed by atoms with Crippen LogP contribution in [-0.2, 0) is 29.2 Å². The highest BCUT2D eigenvalue weighted by Gasteiger charge is 2.22. The Morgan fingerprint density at radius 3 is 2.90 bits per heavy atom. The first-order chi connectivity index (χ1) is 14.7. The van der Waals surface area contributed by atoms with E-state index in [2.05, 4.69) is 20.4 Å². The molecule has 1 saturated heterocycles. The number of benzene rings is 1. The number of aromatic nitrogens is 4. The monoisotopic (exact) mass is 416 g/mol. The van der Waals surface area contributed by atoms with Crippen LogP contribution in [0, 0.1) is 0 Å². The van der Waals surface area contributed by atoms with Crippen LogP contribution in [0.25, 0.3) is 0 Å². The lowest BCUT2D eigenvalue weighted by Gasteiger charge is -2.27. The summed E-state index contributed by atoms with van der Waals surface area (Å²) in [4.78, 5) is 17.1. The summed E-state index contributed by atoms with van der Waals surface area (Å²) in [6.07, 6.45) is 1.12. The molecular formula is C20H28N6O4. The van der Waals surface area contributed by atoms with Crippen LogP contribution in [0.5, 0.6) is 11.5 Å². The lowest BCUT2D eigenvalue weighted by Crippen LogP contribution is -2.37. The van der Waals surface area contributed by atoms with Crippen molar-refractivity contribution >= 4 is 5.91 Å². The molecule has 0 spiro atoms. The van der Waals surface area contributed by atoms with Gasteiger partial charge in [-0.3, -0.25) is 9.69 Å². The molecule has 0 atom stereocenters. The van der Waals surface area contributed by atoms with Crippen molar-refractivity contribution < 1.29 is 19.0 Å². The zero-order valence-electron chi connectivity index (χ0n) is 17.3.